The van der Waals surface area contributed by atoms with Crippen molar-refractivity contribution < 1.29 is 13.5 Å². The fourth-order valence-corrected chi connectivity index (χ4v) is 1.16. The monoisotopic (exact) mass is 246 g/mol. The lowest BCUT2D eigenvalue weighted by Gasteiger charge is -2.07. The molecule has 0 fully saturated rings. The van der Waals surface area contributed by atoms with Crippen LogP contribution in [0.25, 0.3) is 0 Å². The second-order valence-electron chi connectivity index (χ2n) is 3.21. The van der Waals surface area contributed by atoms with Crippen LogP contribution >= 0.6 is 0 Å². The topological polar surface area (TPSA) is 59.1 Å². The molecule has 0 amide bonds. The van der Waals surface area contributed by atoms with Crippen molar-refractivity contribution in [3.8, 4) is 0 Å². The van der Waals surface area contributed by atoms with Gasteiger partial charge in [0.1, 0.15) is 24.6 Å². The SMILES string of the molecule is CCNc1cc(NCCOCC(F)F)ncn1. The normalized spacial score (nSPS) is 10.6. The number of nitrogens with one attached hydrogen (secondary N) is 2. The summed E-state index contributed by atoms with van der Waals surface area (Å²) < 4.78 is 28.2. The van der Waals surface area contributed by atoms with Gasteiger partial charge in [0.15, 0.2) is 0 Å². The molecule has 1 rings (SSSR count). The molecule has 0 saturated carbocycles. The Bertz CT molecular complexity index is 325. The van der Waals surface area contributed by atoms with Gasteiger partial charge in [-0.2, -0.15) is 0 Å². The molecule has 0 saturated heterocycles. The molecule has 7 heteroatoms. The minimum atomic E-state index is -2.42. The Labute approximate surface area is 98.6 Å². The number of halogens is 2. The maximum atomic E-state index is 11.7. The highest BCUT2D eigenvalue weighted by Gasteiger charge is 2.01. The van der Waals surface area contributed by atoms with Crippen LogP contribution in [0, 0.1) is 0 Å². The molecule has 0 aliphatic heterocycles. The van der Waals surface area contributed by atoms with Crippen LogP contribution in [0.4, 0.5) is 20.4 Å². The molecule has 1 aromatic rings. The van der Waals surface area contributed by atoms with Gasteiger partial charge >= 0.3 is 0 Å². The Morgan fingerprint density at radius 3 is 2.65 bits per heavy atom. The number of hydrogen-bond acceptors (Lipinski definition) is 5. The first-order valence-corrected chi connectivity index (χ1v) is 5.38. The Kier molecular flexibility index (Phi) is 6.16. The molecule has 1 heterocycles. The Morgan fingerprint density at radius 2 is 2.00 bits per heavy atom. The van der Waals surface area contributed by atoms with Gasteiger partial charge in [0.05, 0.1) is 6.61 Å². The summed E-state index contributed by atoms with van der Waals surface area (Å²) >= 11 is 0. The molecular formula is C10H16F2N4O. The molecule has 0 aromatic carbocycles. The van der Waals surface area contributed by atoms with Crippen molar-refractivity contribution in [2.45, 2.75) is 13.3 Å². The van der Waals surface area contributed by atoms with Crippen LogP contribution in [-0.4, -0.2) is 42.7 Å². The number of rotatable bonds is 8. The van der Waals surface area contributed by atoms with E-state index in [0.717, 1.165) is 12.4 Å². The zero-order valence-electron chi connectivity index (χ0n) is 9.62. The van der Waals surface area contributed by atoms with Crippen LogP contribution in [0.2, 0.25) is 0 Å². The summed E-state index contributed by atoms with van der Waals surface area (Å²) in [6, 6.07) is 1.75. The maximum Gasteiger partial charge on any atom is 0.261 e. The van der Waals surface area contributed by atoms with E-state index in [1.165, 1.54) is 6.33 Å². The minimum Gasteiger partial charge on any atom is -0.374 e. The van der Waals surface area contributed by atoms with Gasteiger partial charge in [0.25, 0.3) is 6.43 Å². The fourth-order valence-electron chi connectivity index (χ4n) is 1.16. The molecule has 1 aromatic heterocycles. The summed E-state index contributed by atoms with van der Waals surface area (Å²) in [5, 5.41) is 6.00. The van der Waals surface area contributed by atoms with E-state index in [9.17, 15) is 8.78 Å². The van der Waals surface area contributed by atoms with Gasteiger partial charge in [-0.05, 0) is 6.92 Å². The molecule has 0 unspecified atom stereocenters. The van der Waals surface area contributed by atoms with E-state index in [0.29, 0.717) is 12.4 Å². The number of ether oxygens (including phenoxy) is 1. The van der Waals surface area contributed by atoms with Gasteiger partial charge in [0.2, 0.25) is 0 Å². The van der Waals surface area contributed by atoms with Crippen LogP contribution in [0.15, 0.2) is 12.4 Å². The molecule has 17 heavy (non-hydrogen) atoms. The summed E-state index contributed by atoms with van der Waals surface area (Å²) in [4.78, 5) is 7.99. The summed E-state index contributed by atoms with van der Waals surface area (Å²) in [6.07, 6.45) is -0.991. The quantitative estimate of drug-likeness (QED) is 0.682. The Morgan fingerprint density at radius 1 is 1.29 bits per heavy atom. The van der Waals surface area contributed by atoms with Gasteiger partial charge in [-0.15, -0.1) is 0 Å². The molecule has 0 radical (unpaired) electrons. The van der Waals surface area contributed by atoms with Crippen molar-refractivity contribution in [1.29, 1.82) is 0 Å². The Hall–Kier alpha value is -1.50. The third kappa shape index (κ3) is 5.96. The van der Waals surface area contributed by atoms with E-state index in [4.69, 9.17) is 4.74 Å². The van der Waals surface area contributed by atoms with E-state index < -0.39 is 13.0 Å². The zero-order valence-corrected chi connectivity index (χ0v) is 9.62. The molecule has 0 bridgehead atoms. The summed E-state index contributed by atoms with van der Waals surface area (Å²) in [5.41, 5.74) is 0. The standard InChI is InChI=1S/C10H16F2N4O/c1-2-13-9-5-10(16-7-15-9)14-3-4-17-6-8(11)12/h5,7-8H,2-4,6H2,1H3,(H2,13,14,15,16). The van der Waals surface area contributed by atoms with E-state index >= 15 is 0 Å². The van der Waals surface area contributed by atoms with Crippen LogP contribution in [-0.2, 0) is 4.74 Å². The highest BCUT2D eigenvalue weighted by Crippen LogP contribution is 2.07. The van der Waals surface area contributed by atoms with E-state index in [-0.39, 0.29) is 6.61 Å². The van der Waals surface area contributed by atoms with Crippen molar-refractivity contribution in [3.05, 3.63) is 12.4 Å². The molecular weight excluding hydrogens is 230 g/mol. The molecule has 2 N–H and O–H groups in total. The minimum absolute atomic E-state index is 0.213. The Balaban J connectivity index is 2.24. The average molecular weight is 246 g/mol. The van der Waals surface area contributed by atoms with Crippen molar-refractivity contribution >= 4 is 11.6 Å². The fraction of sp³-hybridized carbons (Fsp3) is 0.600. The maximum absolute atomic E-state index is 11.7. The lowest BCUT2D eigenvalue weighted by molar-refractivity contribution is 0.0215. The number of alkyl halides is 2. The van der Waals surface area contributed by atoms with Gasteiger partial charge in [0, 0.05) is 19.2 Å². The first-order chi connectivity index (χ1) is 8.22. The first kappa shape index (κ1) is 13.6. The van der Waals surface area contributed by atoms with Gasteiger partial charge in [-0.3, -0.25) is 0 Å². The first-order valence-electron chi connectivity index (χ1n) is 5.38. The highest BCUT2D eigenvalue weighted by molar-refractivity contribution is 5.46. The molecule has 5 nitrogen and oxygen atoms in total. The average Bonchev–Trinajstić information content (AvgIpc) is 2.29. The molecule has 0 spiro atoms. The van der Waals surface area contributed by atoms with E-state index in [1.807, 2.05) is 6.92 Å². The lowest BCUT2D eigenvalue weighted by Crippen LogP contribution is -2.14. The van der Waals surface area contributed by atoms with E-state index in [1.54, 1.807) is 6.07 Å². The molecule has 0 aliphatic carbocycles. The van der Waals surface area contributed by atoms with Gasteiger partial charge in [-0.1, -0.05) is 0 Å². The van der Waals surface area contributed by atoms with Crippen molar-refractivity contribution in [2.24, 2.45) is 0 Å². The van der Waals surface area contributed by atoms with Crippen LogP contribution in [0.1, 0.15) is 6.92 Å². The highest BCUT2D eigenvalue weighted by atomic mass is 19.3. The van der Waals surface area contributed by atoms with Gasteiger partial charge in [-0.25, -0.2) is 18.7 Å². The smallest absolute Gasteiger partial charge is 0.261 e. The number of hydrogen-bond donors (Lipinski definition) is 2. The predicted octanol–water partition coefficient (Wildman–Crippen LogP) is 1.60. The number of anilines is 2. The van der Waals surface area contributed by atoms with E-state index in [2.05, 4.69) is 20.6 Å². The molecule has 0 atom stereocenters. The molecule has 96 valence electrons. The van der Waals surface area contributed by atoms with Crippen molar-refractivity contribution in [3.63, 3.8) is 0 Å². The van der Waals surface area contributed by atoms with Gasteiger partial charge < -0.3 is 15.4 Å². The zero-order chi connectivity index (χ0) is 12.5. The van der Waals surface area contributed by atoms with Crippen molar-refractivity contribution in [1.82, 2.24) is 9.97 Å². The predicted molar refractivity (Wildman–Crippen MR) is 61.5 cm³/mol. The molecule has 0 aliphatic rings. The van der Waals surface area contributed by atoms with Crippen molar-refractivity contribution in [2.75, 3.05) is 36.9 Å². The number of aromatic nitrogens is 2. The lowest BCUT2D eigenvalue weighted by atomic mass is 10.5. The van der Waals surface area contributed by atoms with Crippen LogP contribution in [0.3, 0.4) is 0 Å². The summed E-state index contributed by atoms with van der Waals surface area (Å²) in [6.45, 7) is 2.84. The summed E-state index contributed by atoms with van der Waals surface area (Å²) in [7, 11) is 0. The number of nitrogens with zero attached hydrogens (tertiary/aromatic N) is 2. The third-order valence-corrected chi connectivity index (χ3v) is 1.82. The largest absolute Gasteiger partial charge is 0.374 e. The second-order valence-corrected chi connectivity index (χ2v) is 3.21. The summed E-state index contributed by atoms with van der Waals surface area (Å²) in [5.74, 6) is 1.36. The van der Waals surface area contributed by atoms with Crippen LogP contribution < -0.4 is 10.6 Å². The van der Waals surface area contributed by atoms with Crippen LogP contribution in [0.5, 0.6) is 0 Å². The third-order valence-electron chi connectivity index (χ3n) is 1.82. The second kappa shape index (κ2) is 7.72.